The minimum absolute atomic E-state index is 0.535. The molecule has 0 aliphatic rings. The quantitative estimate of drug-likeness (QED) is 0.743. The number of aryl methyl sites for hydroxylation is 1. The van der Waals surface area contributed by atoms with E-state index in [1.165, 1.54) is 0 Å². The molecule has 0 spiro atoms. The second-order valence-corrected chi connectivity index (χ2v) is 9.50. The first-order valence-corrected chi connectivity index (χ1v) is 9.51. The summed E-state index contributed by atoms with van der Waals surface area (Å²) in [7, 11) is -3.69. The van der Waals surface area contributed by atoms with E-state index in [9.17, 15) is 9.79 Å². The van der Waals surface area contributed by atoms with Crippen molar-refractivity contribution in [2.75, 3.05) is 12.3 Å². The van der Waals surface area contributed by atoms with Crippen LogP contribution in [0.15, 0.2) is 24.3 Å². The molecular weight excluding hydrogens is 243 g/mol. The summed E-state index contributed by atoms with van der Waals surface area (Å²) in [6.45, 7) is 6.16. The minimum atomic E-state index is -3.69. The van der Waals surface area contributed by atoms with Crippen LogP contribution in [0.25, 0.3) is 0 Å². The summed E-state index contributed by atoms with van der Waals surface area (Å²) in [5.74, 6) is 0. The molecule has 1 aromatic rings. The molecule has 0 radical (unpaired) electrons. The van der Waals surface area contributed by atoms with Gasteiger partial charge in [-0.1, -0.05) is 0 Å². The van der Waals surface area contributed by atoms with Gasteiger partial charge in [-0.05, 0) is 0 Å². The Morgan fingerprint density at radius 2 is 1.44 bits per heavy atom. The molecule has 18 heavy (non-hydrogen) atoms. The summed E-state index contributed by atoms with van der Waals surface area (Å²) in [5.41, 5.74) is 1.01. The topological polar surface area (TPSA) is 40.5 Å². The molecule has 2 N–H and O–H groups in total. The van der Waals surface area contributed by atoms with Crippen molar-refractivity contribution in [1.82, 2.24) is 0 Å². The molecule has 0 bridgehead atoms. The van der Waals surface area contributed by atoms with E-state index in [1.807, 2.05) is 31.2 Å². The molecule has 0 saturated heterocycles. The first kappa shape index (κ1) is 15.6. The van der Waals surface area contributed by atoms with Crippen LogP contribution in [0.3, 0.4) is 0 Å². The summed E-state index contributed by atoms with van der Waals surface area (Å²) in [6.07, 6.45) is 4.82. The van der Waals surface area contributed by atoms with Crippen LogP contribution in [0.4, 0.5) is 0 Å². The Hall–Kier alpha value is -0.430. The second kappa shape index (κ2) is 6.14. The molecule has 2 nitrogen and oxygen atoms in total. The maximum absolute atomic E-state index is 11.1. The monoisotopic (exact) mass is 270 g/mol. The van der Waals surface area contributed by atoms with Crippen LogP contribution in [-0.4, -0.2) is 22.1 Å². The predicted molar refractivity (Wildman–Crippen MR) is 81.7 cm³/mol. The van der Waals surface area contributed by atoms with Crippen molar-refractivity contribution in [2.24, 2.45) is 0 Å². The van der Waals surface area contributed by atoms with Crippen molar-refractivity contribution in [1.29, 1.82) is 0 Å². The van der Waals surface area contributed by atoms with E-state index in [1.54, 1.807) is 0 Å². The summed E-state index contributed by atoms with van der Waals surface area (Å²) >= 11 is 0. The van der Waals surface area contributed by atoms with Crippen molar-refractivity contribution in [3.05, 3.63) is 29.8 Å². The van der Waals surface area contributed by atoms with E-state index in [4.69, 9.17) is 0 Å². The number of rotatable bonds is 7. The molecule has 1 rings (SSSR count). The van der Waals surface area contributed by atoms with Crippen molar-refractivity contribution in [3.63, 3.8) is 0 Å². The van der Waals surface area contributed by atoms with Crippen LogP contribution in [0, 0.1) is 6.92 Å². The molecule has 104 valence electrons. The Morgan fingerprint density at radius 3 is 1.89 bits per heavy atom. The fraction of sp³-hybridized carbons (Fsp3) is 0.600. The number of benzene rings is 1. The Labute approximate surface area is 111 Å². The van der Waals surface area contributed by atoms with Gasteiger partial charge in [0.05, 0.1) is 0 Å². The molecule has 0 saturated carbocycles. The SMILES string of the molecule is CCCCP(O)(O)(CCCC)c1ccccc1C. The predicted octanol–water partition coefficient (Wildman–Crippen LogP) is 3.59. The normalized spacial score (nSPS) is 14.2. The molecule has 0 atom stereocenters. The van der Waals surface area contributed by atoms with Crippen LogP contribution in [0.1, 0.15) is 45.1 Å². The zero-order valence-electron chi connectivity index (χ0n) is 11.9. The van der Waals surface area contributed by atoms with Crippen molar-refractivity contribution >= 4 is 12.4 Å². The van der Waals surface area contributed by atoms with E-state index < -0.39 is 7.06 Å². The van der Waals surface area contributed by atoms with Gasteiger partial charge in [0.1, 0.15) is 0 Å². The van der Waals surface area contributed by atoms with Gasteiger partial charge >= 0.3 is 111 Å². The average molecular weight is 270 g/mol. The van der Waals surface area contributed by atoms with E-state index in [0.717, 1.165) is 36.6 Å². The summed E-state index contributed by atoms with van der Waals surface area (Å²) in [4.78, 5) is 22.2. The van der Waals surface area contributed by atoms with Gasteiger partial charge in [0.15, 0.2) is 0 Å². The van der Waals surface area contributed by atoms with Crippen molar-refractivity contribution in [2.45, 2.75) is 46.5 Å². The van der Waals surface area contributed by atoms with Crippen molar-refractivity contribution in [3.8, 4) is 0 Å². The van der Waals surface area contributed by atoms with Gasteiger partial charge in [-0.25, -0.2) is 0 Å². The maximum atomic E-state index is 11.1. The molecule has 0 aliphatic heterocycles. The molecular formula is C15H27O2P. The fourth-order valence-corrected chi connectivity index (χ4v) is 6.46. The molecule has 0 amide bonds. The fourth-order valence-electron chi connectivity index (χ4n) is 2.48. The Kier molecular flexibility index (Phi) is 5.33. The van der Waals surface area contributed by atoms with Gasteiger partial charge in [0.2, 0.25) is 0 Å². The summed E-state index contributed by atoms with van der Waals surface area (Å²) in [6, 6.07) is 7.74. The molecule has 0 heterocycles. The molecule has 3 heteroatoms. The van der Waals surface area contributed by atoms with Crippen LogP contribution in [0.5, 0.6) is 0 Å². The third kappa shape index (κ3) is 3.54. The zero-order chi connectivity index (χ0) is 13.7. The van der Waals surface area contributed by atoms with E-state index in [2.05, 4.69) is 13.8 Å². The van der Waals surface area contributed by atoms with Crippen LogP contribution in [-0.2, 0) is 0 Å². The Bertz CT molecular complexity index is 376. The molecule has 0 unspecified atom stereocenters. The molecule has 1 aromatic carbocycles. The third-order valence-corrected chi connectivity index (χ3v) is 7.76. The number of unbranched alkanes of at least 4 members (excludes halogenated alkanes) is 2. The van der Waals surface area contributed by atoms with Gasteiger partial charge in [-0.15, -0.1) is 0 Å². The van der Waals surface area contributed by atoms with Gasteiger partial charge in [0.25, 0.3) is 0 Å². The number of hydrogen-bond donors (Lipinski definition) is 2. The first-order chi connectivity index (χ1) is 8.43. The Balaban J connectivity index is 3.14. The third-order valence-electron chi connectivity index (χ3n) is 3.63. The van der Waals surface area contributed by atoms with Gasteiger partial charge in [-0.2, -0.15) is 0 Å². The number of hydrogen-bond acceptors (Lipinski definition) is 2. The standard InChI is InChI=1S/C15H27O2P/c1-4-6-12-18(16,17,13-7-5-2)15-11-9-8-10-14(15)3/h8-11,16-17H,4-7,12-13H2,1-3H3. The van der Waals surface area contributed by atoms with Crippen LogP contribution in [0.2, 0.25) is 0 Å². The van der Waals surface area contributed by atoms with Crippen molar-refractivity contribution < 1.29 is 9.79 Å². The van der Waals surface area contributed by atoms with Gasteiger partial charge in [-0.3, -0.25) is 0 Å². The van der Waals surface area contributed by atoms with E-state index >= 15 is 0 Å². The Morgan fingerprint density at radius 1 is 0.944 bits per heavy atom. The van der Waals surface area contributed by atoms with Crippen LogP contribution >= 0.6 is 7.06 Å². The van der Waals surface area contributed by atoms with Gasteiger partial charge < -0.3 is 0 Å². The average Bonchev–Trinajstić information content (AvgIpc) is 2.35. The van der Waals surface area contributed by atoms with E-state index in [-0.39, 0.29) is 0 Å². The molecule has 0 aliphatic carbocycles. The summed E-state index contributed by atoms with van der Waals surface area (Å²) < 4.78 is 0. The molecule has 0 fully saturated rings. The van der Waals surface area contributed by atoms with Crippen LogP contribution < -0.4 is 5.30 Å². The molecule has 0 aromatic heterocycles. The summed E-state index contributed by atoms with van der Waals surface area (Å²) in [5, 5.41) is 0.797. The zero-order valence-corrected chi connectivity index (χ0v) is 12.8. The van der Waals surface area contributed by atoms with Gasteiger partial charge in [0, 0.05) is 0 Å². The van der Waals surface area contributed by atoms with E-state index in [0.29, 0.717) is 12.3 Å². The second-order valence-electron chi connectivity index (χ2n) is 5.34. The first-order valence-electron chi connectivity index (χ1n) is 7.00.